The van der Waals surface area contributed by atoms with E-state index in [0.29, 0.717) is 0 Å². The van der Waals surface area contributed by atoms with E-state index in [9.17, 15) is 4.79 Å². The maximum Gasteiger partial charge on any atom is 0.250 e. The molecule has 0 bridgehead atoms. The molecule has 1 aliphatic rings. The van der Waals surface area contributed by atoms with Gasteiger partial charge < -0.3 is 15.2 Å². The van der Waals surface area contributed by atoms with Gasteiger partial charge in [-0.2, -0.15) is 0 Å². The van der Waals surface area contributed by atoms with Crippen molar-refractivity contribution in [2.24, 2.45) is 7.05 Å². The second-order valence-corrected chi connectivity index (χ2v) is 7.48. The van der Waals surface area contributed by atoms with E-state index in [-0.39, 0.29) is 11.1 Å². The zero-order valence-electron chi connectivity index (χ0n) is 15.0. The van der Waals surface area contributed by atoms with E-state index in [1.807, 2.05) is 30.3 Å². The SMILES string of the molecule is Cc1cccc(Cl)c1[C@@]1(Nc2ccc3ccc(=O)n(C)c3c2)CCNC1. The molecule has 2 N–H and O–H groups in total. The third-order valence-electron chi connectivity index (χ3n) is 5.37. The summed E-state index contributed by atoms with van der Waals surface area (Å²) in [4.78, 5) is 12.0. The first-order valence-corrected chi connectivity index (χ1v) is 9.22. The minimum absolute atomic E-state index is 0.00570. The van der Waals surface area contributed by atoms with E-state index < -0.39 is 0 Å². The number of hydrogen-bond donors (Lipinski definition) is 2. The van der Waals surface area contributed by atoms with Crippen molar-refractivity contribution >= 4 is 28.2 Å². The zero-order valence-corrected chi connectivity index (χ0v) is 15.7. The molecule has 0 saturated carbocycles. The Kier molecular flexibility index (Phi) is 4.25. The monoisotopic (exact) mass is 367 g/mol. The molecule has 26 heavy (non-hydrogen) atoms. The van der Waals surface area contributed by atoms with Gasteiger partial charge in [0, 0.05) is 35.9 Å². The van der Waals surface area contributed by atoms with Crippen molar-refractivity contribution in [1.82, 2.24) is 9.88 Å². The molecule has 0 unspecified atom stereocenters. The molecule has 0 amide bonds. The normalized spacial score (nSPS) is 19.8. The number of pyridine rings is 1. The fourth-order valence-electron chi connectivity index (χ4n) is 4.03. The third-order valence-corrected chi connectivity index (χ3v) is 5.68. The molecular weight excluding hydrogens is 346 g/mol. The fourth-order valence-corrected chi connectivity index (χ4v) is 4.44. The number of fused-ring (bicyclic) bond motifs is 1. The maximum atomic E-state index is 12.0. The predicted molar refractivity (Wildman–Crippen MR) is 108 cm³/mol. The van der Waals surface area contributed by atoms with Crippen molar-refractivity contribution in [3.05, 3.63) is 75.0 Å². The Labute approximate surface area is 157 Å². The van der Waals surface area contributed by atoms with Gasteiger partial charge in [-0.3, -0.25) is 4.79 Å². The number of hydrogen-bond acceptors (Lipinski definition) is 3. The van der Waals surface area contributed by atoms with Crippen molar-refractivity contribution in [3.8, 4) is 0 Å². The molecule has 134 valence electrons. The lowest BCUT2D eigenvalue weighted by Gasteiger charge is -2.34. The van der Waals surface area contributed by atoms with Crippen LogP contribution in [0.15, 0.2) is 53.3 Å². The summed E-state index contributed by atoms with van der Waals surface area (Å²) in [6.07, 6.45) is 0.948. The first-order chi connectivity index (χ1) is 12.5. The molecule has 0 radical (unpaired) electrons. The van der Waals surface area contributed by atoms with Crippen LogP contribution in [-0.4, -0.2) is 17.7 Å². The van der Waals surface area contributed by atoms with E-state index in [1.54, 1.807) is 17.7 Å². The van der Waals surface area contributed by atoms with Crippen LogP contribution in [0.2, 0.25) is 5.02 Å². The molecule has 0 aliphatic carbocycles. The molecule has 3 aromatic rings. The first kappa shape index (κ1) is 17.1. The Hall–Kier alpha value is -2.30. The van der Waals surface area contributed by atoms with E-state index >= 15 is 0 Å². The largest absolute Gasteiger partial charge is 0.374 e. The predicted octanol–water partition coefficient (Wildman–Crippen LogP) is 3.80. The van der Waals surface area contributed by atoms with Crippen LogP contribution in [-0.2, 0) is 12.6 Å². The molecule has 5 heteroatoms. The van der Waals surface area contributed by atoms with Gasteiger partial charge in [-0.25, -0.2) is 0 Å². The van der Waals surface area contributed by atoms with Crippen molar-refractivity contribution < 1.29 is 0 Å². The van der Waals surface area contributed by atoms with Crippen LogP contribution in [0, 0.1) is 6.92 Å². The Balaban J connectivity index is 1.82. The number of nitrogens with one attached hydrogen (secondary N) is 2. The molecular formula is C21H22ClN3O. The molecule has 0 spiro atoms. The highest BCUT2D eigenvalue weighted by molar-refractivity contribution is 6.31. The van der Waals surface area contributed by atoms with Crippen molar-refractivity contribution in [1.29, 1.82) is 0 Å². The summed E-state index contributed by atoms with van der Waals surface area (Å²) in [5.74, 6) is 0. The van der Waals surface area contributed by atoms with Crippen molar-refractivity contribution in [2.75, 3.05) is 18.4 Å². The highest BCUT2D eigenvalue weighted by atomic mass is 35.5. The third kappa shape index (κ3) is 2.79. The van der Waals surface area contributed by atoms with E-state index in [2.05, 4.69) is 29.7 Å². The topological polar surface area (TPSA) is 46.1 Å². The van der Waals surface area contributed by atoms with Gasteiger partial charge in [-0.15, -0.1) is 0 Å². The summed E-state index contributed by atoms with van der Waals surface area (Å²) in [6, 6.07) is 15.7. The summed E-state index contributed by atoms with van der Waals surface area (Å²) < 4.78 is 1.68. The maximum absolute atomic E-state index is 12.0. The standard InChI is InChI=1S/C21H22ClN3O/c1-14-4-3-5-17(22)20(14)21(10-11-23-13-21)24-16-8-6-15-7-9-19(26)25(2)18(15)12-16/h3-9,12,23-24H,10-11,13H2,1-2H3/t21-/m1/s1. The number of aryl methyl sites for hydroxylation is 2. The number of halogens is 1. The first-order valence-electron chi connectivity index (χ1n) is 8.84. The van der Waals surface area contributed by atoms with Crippen LogP contribution >= 0.6 is 11.6 Å². The molecule has 2 aromatic carbocycles. The van der Waals surface area contributed by atoms with E-state index in [4.69, 9.17) is 11.6 Å². The van der Waals surface area contributed by atoms with Gasteiger partial charge in [0.1, 0.15) is 0 Å². The number of anilines is 1. The van der Waals surface area contributed by atoms with Crippen LogP contribution in [0.25, 0.3) is 10.9 Å². The van der Waals surface area contributed by atoms with Crippen LogP contribution in [0.1, 0.15) is 17.5 Å². The molecule has 1 atom stereocenters. The molecule has 2 heterocycles. The Morgan fingerprint density at radius 3 is 2.73 bits per heavy atom. The average Bonchev–Trinajstić information content (AvgIpc) is 3.07. The van der Waals surface area contributed by atoms with Gasteiger partial charge >= 0.3 is 0 Å². The number of benzene rings is 2. The quantitative estimate of drug-likeness (QED) is 0.740. The molecule has 1 aliphatic heterocycles. The molecule has 1 fully saturated rings. The second kappa shape index (κ2) is 6.45. The van der Waals surface area contributed by atoms with Crippen LogP contribution in [0.5, 0.6) is 0 Å². The number of nitrogens with zero attached hydrogens (tertiary/aromatic N) is 1. The number of rotatable bonds is 3. The van der Waals surface area contributed by atoms with Gasteiger partial charge in [0.05, 0.1) is 11.1 Å². The summed E-state index contributed by atoms with van der Waals surface area (Å²) in [7, 11) is 1.81. The minimum Gasteiger partial charge on any atom is -0.374 e. The summed E-state index contributed by atoms with van der Waals surface area (Å²) in [5, 5.41) is 9.03. The Bertz CT molecular complexity index is 1010. The van der Waals surface area contributed by atoms with Crippen LogP contribution < -0.4 is 16.2 Å². The van der Waals surface area contributed by atoms with Gasteiger partial charge in [0.15, 0.2) is 0 Å². The van der Waals surface area contributed by atoms with Gasteiger partial charge in [-0.1, -0.05) is 29.8 Å². The summed E-state index contributed by atoms with van der Waals surface area (Å²) >= 11 is 6.59. The van der Waals surface area contributed by atoms with Gasteiger partial charge in [-0.05, 0) is 55.1 Å². The Morgan fingerprint density at radius 1 is 1.19 bits per heavy atom. The zero-order chi connectivity index (χ0) is 18.3. The summed E-state index contributed by atoms with van der Waals surface area (Å²) in [6.45, 7) is 3.85. The molecule has 1 saturated heterocycles. The van der Waals surface area contributed by atoms with Gasteiger partial charge in [0.2, 0.25) is 0 Å². The number of aromatic nitrogens is 1. The van der Waals surface area contributed by atoms with Crippen LogP contribution in [0.4, 0.5) is 5.69 Å². The van der Waals surface area contributed by atoms with E-state index in [1.165, 1.54) is 5.56 Å². The lowest BCUT2D eigenvalue weighted by molar-refractivity contribution is 0.540. The highest BCUT2D eigenvalue weighted by Crippen LogP contribution is 2.38. The van der Waals surface area contributed by atoms with E-state index in [0.717, 1.165) is 46.7 Å². The lowest BCUT2D eigenvalue weighted by Crippen LogP contribution is -2.38. The molecule has 4 nitrogen and oxygen atoms in total. The lowest BCUT2D eigenvalue weighted by atomic mass is 9.85. The highest BCUT2D eigenvalue weighted by Gasteiger charge is 2.38. The second-order valence-electron chi connectivity index (χ2n) is 7.07. The minimum atomic E-state index is -0.260. The molecule has 4 rings (SSSR count). The smallest absolute Gasteiger partial charge is 0.250 e. The van der Waals surface area contributed by atoms with Crippen molar-refractivity contribution in [2.45, 2.75) is 18.9 Å². The van der Waals surface area contributed by atoms with Crippen LogP contribution in [0.3, 0.4) is 0 Å². The van der Waals surface area contributed by atoms with Crippen molar-refractivity contribution in [3.63, 3.8) is 0 Å². The average molecular weight is 368 g/mol. The Morgan fingerprint density at radius 2 is 2.00 bits per heavy atom. The summed E-state index contributed by atoms with van der Waals surface area (Å²) in [5.41, 5.74) is 3.97. The fraction of sp³-hybridized carbons (Fsp3) is 0.286. The molecule has 1 aromatic heterocycles. The van der Waals surface area contributed by atoms with Gasteiger partial charge in [0.25, 0.3) is 5.56 Å².